The first-order chi connectivity index (χ1) is 12.5. The van der Waals surface area contributed by atoms with Gasteiger partial charge in [0, 0.05) is 18.6 Å². The molecular formula is C16H11ClN6O3. The first-order valence-corrected chi connectivity index (χ1v) is 7.93. The molecule has 130 valence electrons. The molecule has 9 nitrogen and oxygen atoms in total. The molecule has 0 unspecified atom stereocenters. The van der Waals surface area contributed by atoms with E-state index in [1.807, 2.05) is 0 Å². The van der Waals surface area contributed by atoms with E-state index in [2.05, 4.69) is 15.3 Å². The zero-order valence-electron chi connectivity index (χ0n) is 13.2. The van der Waals surface area contributed by atoms with Crippen LogP contribution in [0.4, 0.5) is 11.5 Å². The number of pyridine rings is 2. The van der Waals surface area contributed by atoms with Gasteiger partial charge in [-0.2, -0.15) is 0 Å². The molecule has 0 fully saturated rings. The Kier molecular flexibility index (Phi) is 3.77. The molecule has 4 heterocycles. The van der Waals surface area contributed by atoms with Crippen LogP contribution in [-0.2, 0) is 6.54 Å². The fourth-order valence-electron chi connectivity index (χ4n) is 2.64. The van der Waals surface area contributed by atoms with Crippen molar-refractivity contribution >= 4 is 34.4 Å². The zero-order chi connectivity index (χ0) is 18.3. The number of rotatable bonds is 4. The molecule has 4 aromatic heterocycles. The molecule has 0 saturated heterocycles. The summed E-state index contributed by atoms with van der Waals surface area (Å²) in [4.78, 5) is 31.6. The van der Waals surface area contributed by atoms with E-state index >= 15 is 0 Å². The van der Waals surface area contributed by atoms with E-state index in [1.54, 1.807) is 47.1 Å². The molecule has 4 aromatic rings. The van der Waals surface area contributed by atoms with Gasteiger partial charge in [-0.25, -0.2) is 9.97 Å². The number of nitro groups is 1. The van der Waals surface area contributed by atoms with Crippen LogP contribution in [0.5, 0.6) is 0 Å². The lowest BCUT2D eigenvalue weighted by atomic mass is 10.4. The van der Waals surface area contributed by atoms with Gasteiger partial charge in [-0.1, -0.05) is 17.7 Å². The summed E-state index contributed by atoms with van der Waals surface area (Å²) in [6.45, 7) is 0.162. The minimum Gasteiger partial charge on any atom is -0.358 e. The summed E-state index contributed by atoms with van der Waals surface area (Å²) < 4.78 is 2.88. The van der Waals surface area contributed by atoms with Gasteiger partial charge in [-0.15, -0.1) is 0 Å². The second kappa shape index (κ2) is 6.12. The van der Waals surface area contributed by atoms with Gasteiger partial charge in [-0.3, -0.25) is 19.3 Å². The smallest absolute Gasteiger partial charge is 0.358 e. The van der Waals surface area contributed by atoms with Crippen LogP contribution in [0.25, 0.3) is 11.3 Å². The number of fused-ring (bicyclic) bond motifs is 2. The molecule has 4 rings (SSSR count). The van der Waals surface area contributed by atoms with Crippen LogP contribution < -0.4 is 10.9 Å². The summed E-state index contributed by atoms with van der Waals surface area (Å²) in [5.41, 5.74) is 0.265. The second-order valence-electron chi connectivity index (χ2n) is 5.50. The number of hydrogen-bond acceptors (Lipinski definition) is 6. The third-order valence-electron chi connectivity index (χ3n) is 3.79. The van der Waals surface area contributed by atoms with Crippen LogP contribution in [-0.4, -0.2) is 23.7 Å². The SMILES string of the molecule is O=c1c([N+](=O)[O-])c(NCc2cn3cc(Cl)ccc3n2)nc2ccccn12. The lowest BCUT2D eigenvalue weighted by molar-refractivity contribution is -0.385. The summed E-state index contributed by atoms with van der Waals surface area (Å²) in [6, 6.07) is 8.38. The monoisotopic (exact) mass is 370 g/mol. The number of imidazole rings is 1. The van der Waals surface area contributed by atoms with Gasteiger partial charge < -0.3 is 9.72 Å². The average Bonchev–Trinajstić information content (AvgIpc) is 3.01. The average molecular weight is 371 g/mol. The normalized spacial score (nSPS) is 11.1. The maximum absolute atomic E-state index is 12.4. The Morgan fingerprint density at radius 3 is 2.81 bits per heavy atom. The van der Waals surface area contributed by atoms with E-state index < -0.39 is 16.2 Å². The lowest BCUT2D eigenvalue weighted by Crippen LogP contribution is -2.21. The van der Waals surface area contributed by atoms with Crippen LogP contribution in [0.2, 0.25) is 5.02 Å². The van der Waals surface area contributed by atoms with Crippen molar-refractivity contribution in [3.05, 3.63) is 80.1 Å². The summed E-state index contributed by atoms with van der Waals surface area (Å²) in [6.07, 6.45) is 4.89. The fourth-order valence-corrected chi connectivity index (χ4v) is 2.81. The summed E-state index contributed by atoms with van der Waals surface area (Å²) >= 11 is 5.94. The highest BCUT2D eigenvalue weighted by atomic mass is 35.5. The molecule has 0 bridgehead atoms. The number of hydrogen-bond donors (Lipinski definition) is 1. The minimum absolute atomic E-state index is 0.0960. The van der Waals surface area contributed by atoms with Crippen molar-refractivity contribution in [2.75, 3.05) is 5.32 Å². The van der Waals surface area contributed by atoms with E-state index in [9.17, 15) is 14.9 Å². The Morgan fingerprint density at radius 1 is 1.15 bits per heavy atom. The quantitative estimate of drug-likeness (QED) is 0.437. The molecule has 0 aliphatic carbocycles. The Labute approximate surface area is 150 Å². The standard InChI is InChI=1S/C16H11ClN6O3/c17-10-4-5-12-19-11(9-21(12)8-10)7-18-15-14(23(25)26)16(24)22-6-2-1-3-13(22)20-15/h1-6,8-9,18H,7H2. The maximum atomic E-state index is 12.4. The fraction of sp³-hybridized carbons (Fsp3) is 0.0625. The third kappa shape index (κ3) is 2.74. The largest absolute Gasteiger partial charge is 0.376 e. The van der Waals surface area contributed by atoms with Crippen molar-refractivity contribution in [1.29, 1.82) is 0 Å². The number of nitrogens with one attached hydrogen (secondary N) is 1. The highest BCUT2D eigenvalue weighted by Gasteiger charge is 2.23. The van der Waals surface area contributed by atoms with E-state index in [0.717, 1.165) is 4.40 Å². The Bertz CT molecular complexity index is 1220. The Hall–Kier alpha value is -3.46. The molecule has 0 saturated carbocycles. The van der Waals surface area contributed by atoms with Crippen LogP contribution in [0, 0.1) is 10.1 Å². The molecule has 0 aromatic carbocycles. The van der Waals surface area contributed by atoms with Gasteiger partial charge in [0.25, 0.3) is 0 Å². The molecule has 10 heteroatoms. The van der Waals surface area contributed by atoms with Crippen LogP contribution >= 0.6 is 11.6 Å². The number of nitrogens with zero attached hydrogens (tertiary/aromatic N) is 5. The van der Waals surface area contributed by atoms with Gasteiger partial charge in [0.15, 0.2) is 0 Å². The molecule has 0 amide bonds. The molecule has 1 N–H and O–H groups in total. The van der Waals surface area contributed by atoms with Crippen molar-refractivity contribution in [2.24, 2.45) is 0 Å². The van der Waals surface area contributed by atoms with E-state index in [1.165, 1.54) is 6.20 Å². The predicted octanol–water partition coefficient (Wildman–Crippen LogP) is 2.52. The van der Waals surface area contributed by atoms with Crippen molar-refractivity contribution < 1.29 is 4.92 Å². The van der Waals surface area contributed by atoms with Crippen LogP contribution in [0.3, 0.4) is 0 Å². The van der Waals surface area contributed by atoms with Crippen LogP contribution in [0.15, 0.2) is 53.7 Å². The van der Waals surface area contributed by atoms with Gasteiger partial charge in [0.05, 0.1) is 22.2 Å². The van der Waals surface area contributed by atoms with E-state index in [0.29, 0.717) is 22.0 Å². The first kappa shape index (κ1) is 16.0. The first-order valence-electron chi connectivity index (χ1n) is 7.56. The van der Waals surface area contributed by atoms with Crippen molar-refractivity contribution in [1.82, 2.24) is 18.8 Å². The second-order valence-corrected chi connectivity index (χ2v) is 5.94. The maximum Gasteiger partial charge on any atom is 0.376 e. The van der Waals surface area contributed by atoms with Gasteiger partial charge in [0.1, 0.15) is 11.3 Å². The summed E-state index contributed by atoms with van der Waals surface area (Å²) in [5.74, 6) is -0.0960. The van der Waals surface area contributed by atoms with Crippen molar-refractivity contribution in [3.8, 4) is 0 Å². The van der Waals surface area contributed by atoms with Crippen LogP contribution in [0.1, 0.15) is 5.69 Å². The Morgan fingerprint density at radius 2 is 2.00 bits per heavy atom. The molecule has 26 heavy (non-hydrogen) atoms. The predicted molar refractivity (Wildman–Crippen MR) is 95.6 cm³/mol. The molecule has 0 atom stereocenters. The van der Waals surface area contributed by atoms with Gasteiger partial charge in [-0.05, 0) is 24.3 Å². The molecular weight excluding hydrogens is 360 g/mol. The number of aromatic nitrogens is 4. The summed E-state index contributed by atoms with van der Waals surface area (Å²) in [5, 5.41) is 14.8. The molecule has 0 radical (unpaired) electrons. The van der Waals surface area contributed by atoms with Gasteiger partial charge >= 0.3 is 11.2 Å². The lowest BCUT2D eigenvalue weighted by Gasteiger charge is -2.06. The topological polar surface area (TPSA) is 107 Å². The van der Waals surface area contributed by atoms with Gasteiger partial charge in [0.2, 0.25) is 5.82 Å². The highest BCUT2D eigenvalue weighted by Crippen LogP contribution is 2.19. The van der Waals surface area contributed by atoms with E-state index in [-0.39, 0.29) is 12.4 Å². The summed E-state index contributed by atoms with van der Waals surface area (Å²) in [7, 11) is 0. The van der Waals surface area contributed by atoms with Crippen molar-refractivity contribution in [2.45, 2.75) is 6.54 Å². The molecule has 0 spiro atoms. The minimum atomic E-state index is -0.745. The third-order valence-corrected chi connectivity index (χ3v) is 4.02. The Balaban J connectivity index is 1.72. The van der Waals surface area contributed by atoms with Crippen molar-refractivity contribution in [3.63, 3.8) is 0 Å². The zero-order valence-corrected chi connectivity index (χ0v) is 13.9. The number of halogens is 1. The van der Waals surface area contributed by atoms with E-state index in [4.69, 9.17) is 11.6 Å². The molecule has 0 aliphatic heterocycles. The highest BCUT2D eigenvalue weighted by molar-refractivity contribution is 6.30. The molecule has 0 aliphatic rings. The number of anilines is 1.